The summed E-state index contributed by atoms with van der Waals surface area (Å²) in [6.07, 6.45) is 1.37. The fourth-order valence-electron chi connectivity index (χ4n) is 1.67. The maximum atomic E-state index is 13.1. The Kier molecular flexibility index (Phi) is 6.40. The van der Waals surface area contributed by atoms with Crippen molar-refractivity contribution in [1.29, 1.82) is 0 Å². The summed E-state index contributed by atoms with van der Waals surface area (Å²) in [6, 6.07) is 0.292. The highest BCUT2D eigenvalue weighted by Gasteiger charge is 2.28. The standard InChI is InChI=1S/C12H14Cl2FNO4S/c1-2-3-4-10(12(17)18)16-21(19,20)11-8(13)5-7(15)6-9(11)14/h5-6,10,16H,2-4H2,1H3,(H,17,18)/t10-/m0/s1. The van der Waals surface area contributed by atoms with E-state index in [2.05, 4.69) is 0 Å². The Labute approximate surface area is 132 Å². The summed E-state index contributed by atoms with van der Waals surface area (Å²) in [5, 5.41) is 8.22. The maximum Gasteiger partial charge on any atom is 0.321 e. The molecule has 0 saturated heterocycles. The molecule has 0 heterocycles. The molecule has 0 amide bonds. The Hall–Kier alpha value is -0.890. The van der Waals surface area contributed by atoms with E-state index >= 15 is 0 Å². The molecule has 1 aromatic carbocycles. The number of aliphatic carboxylic acids is 1. The predicted octanol–water partition coefficient (Wildman–Crippen LogP) is 3.05. The van der Waals surface area contributed by atoms with Gasteiger partial charge in [-0.15, -0.1) is 0 Å². The van der Waals surface area contributed by atoms with E-state index in [4.69, 9.17) is 28.3 Å². The first-order valence-corrected chi connectivity index (χ1v) is 8.32. The van der Waals surface area contributed by atoms with Crippen molar-refractivity contribution in [1.82, 2.24) is 4.72 Å². The lowest BCUT2D eigenvalue weighted by Gasteiger charge is -2.16. The van der Waals surface area contributed by atoms with Crippen LogP contribution in [0.25, 0.3) is 0 Å². The molecule has 1 atom stereocenters. The monoisotopic (exact) mass is 357 g/mol. The Morgan fingerprint density at radius 2 is 1.90 bits per heavy atom. The number of hydrogen-bond donors (Lipinski definition) is 2. The molecule has 5 nitrogen and oxygen atoms in total. The molecule has 1 aromatic rings. The average Bonchev–Trinajstić information content (AvgIpc) is 2.32. The third kappa shape index (κ3) is 4.81. The minimum Gasteiger partial charge on any atom is -0.480 e. The summed E-state index contributed by atoms with van der Waals surface area (Å²) in [4.78, 5) is 10.6. The number of rotatable bonds is 7. The number of carboxylic acids is 1. The van der Waals surface area contributed by atoms with Gasteiger partial charge in [-0.1, -0.05) is 43.0 Å². The fraction of sp³-hybridized carbons (Fsp3) is 0.417. The van der Waals surface area contributed by atoms with E-state index in [1.807, 2.05) is 11.6 Å². The van der Waals surface area contributed by atoms with Gasteiger partial charge in [0, 0.05) is 0 Å². The first kappa shape index (κ1) is 18.2. The van der Waals surface area contributed by atoms with Crippen LogP contribution in [0, 0.1) is 5.82 Å². The molecule has 0 saturated carbocycles. The summed E-state index contributed by atoms with van der Waals surface area (Å²) >= 11 is 11.4. The molecule has 0 aliphatic rings. The number of sulfonamides is 1. The lowest BCUT2D eigenvalue weighted by Crippen LogP contribution is -2.40. The summed E-state index contributed by atoms with van der Waals surface area (Å²) in [7, 11) is -4.27. The molecule has 0 spiro atoms. The number of benzene rings is 1. The normalized spacial score (nSPS) is 13.1. The number of unbranched alkanes of at least 4 members (excludes halogenated alkanes) is 1. The summed E-state index contributed by atoms with van der Waals surface area (Å²) in [5.41, 5.74) is 0. The van der Waals surface area contributed by atoms with E-state index in [0.717, 1.165) is 12.1 Å². The number of carboxylic acid groups (broad SMARTS) is 1. The van der Waals surface area contributed by atoms with E-state index in [9.17, 15) is 17.6 Å². The van der Waals surface area contributed by atoms with Crippen molar-refractivity contribution in [2.45, 2.75) is 37.1 Å². The SMILES string of the molecule is CCCC[C@H](NS(=O)(=O)c1c(Cl)cc(F)cc1Cl)C(=O)O. The van der Waals surface area contributed by atoms with E-state index in [1.54, 1.807) is 0 Å². The average molecular weight is 358 g/mol. The van der Waals surface area contributed by atoms with Crippen LogP contribution in [0.3, 0.4) is 0 Å². The molecule has 2 N–H and O–H groups in total. The van der Waals surface area contributed by atoms with E-state index in [0.29, 0.717) is 12.8 Å². The van der Waals surface area contributed by atoms with Crippen molar-refractivity contribution in [2.24, 2.45) is 0 Å². The van der Waals surface area contributed by atoms with Crippen LogP contribution in [0.2, 0.25) is 10.0 Å². The highest BCUT2D eigenvalue weighted by molar-refractivity contribution is 7.89. The molecule has 1 rings (SSSR count). The van der Waals surface area contributed by atoms with Crippen LogP contribution in [-0.2, 0) is 14.8 Å². The number of carbonyl (C=O) groups is 1. The molecule has 9 heteroatoms. The van der Waals surface area contributed by atoms with Gasteiger partial charge in [-0.3, -0.25) is 4.79 Å². The van der Waals surface area contributed by atoms with Gasteiger partial charge in [0.25, 0.3) is 0 Å². The topological polar surface area (TPSA) is 83.5 Å². The zero-order chi connectivity index (χ0) is 16.2. The highest BCUT2D eigenvalue weighted by Crippen LogP contribution is 2.30. The zero-order valence-corrected chi connectivity index (χ0v) is 13.4. The third-order valence-corrected chi connectivity index (χ3v) is 5.07. The molecule has 0 bridgehead atoms. The molecule has 0 unspecified atom stereocenters. The fourth-order valence-corrected chi connectivity index (χ4v) is 4.09. The van der Waals surface area contributed by atoms with Gasteiger partial charge in [-0.2, -0.15) is 4.72 Å². The largest absolute Gasteiger partial charge is 0.480 e. The predicted molar refractivity (Wildman–Crippen MR) is 77.7 cm³/mol. The minimum atomic E-state index is -4.27. The van der Waals surface area contributed by atoms with Crippen LogP contribution < -0.4 is 4.72 Å². The second-order valence-corrected chi connectivity index (χ2v) is 6.82. The van der Waals surface area contributed by atoms with Gasteiger partial charge < -0.3 is 5.11 Å². The van der Waals surface area contributed by atoms with Crippen LogP contribution in [-0.4, -0.2) is 25.5 Å². The molecular weight excluding hydrogens is 344 g/mol. The van der Waals surface area contributed by atoms with Crippen molar-refractivity contribution < 1.29 is 22.7 Å². The Morgan fingerprint density at radius 1 is 1.38 bits per heavy atom. The van der Waals surface area contributed by atoms with Gasteiger partial charge in [0.15, 0.2) is 0 Å². The maximum absolute atomic E-state index is 13.1. The van der Waals surface area contributed by atoms with Crippen molar-refractivity contribution in [3.8, 4) is 0 Å². The quantitative estimate of drug-likeness (QED) is 0.785. The highest BCUT2D eigenvalue weighted by atomic mass is 35.5. The van der Waals surface area contributed by atoms with Crippen molar-refractivity contribution in [3.05, 3.63) is 28.0 Å². The zero-order valence-electron chi connectivity index (χ0n) is 11.1. The van der Waals surface area contributed by atoms with Crippen molar-refractivity contribution >= 4 is 39.2 Å². The van der Waals surface area contributed by atoms with Crippen molar-refractivity contribution in [3.63, 3.8) is 0 Å². The van der Waals surface area contributed by atoms with Crippen LogP contribution in [0.5, 0.6) is 0 Å². The minimum absolute atomic E-state index is 0.126. The Bertz CT molecular complexity index is 613. The van der Waals surface area contributed by atoms with Crippen LogP contribution in [0.1, 0.15) is 26.2 Å². The lowest BCUT2D eigenvalue weighted by molar-refractivity contribution is -0.139. The van der Waals surface area contributed by atoms with E-state index in [1.165, 1.54) is 0 Å². The first-order chi connectivity index (χ1) is 9.69. The second kappa shape index (κ2) is 7.40. The number of hydrogen-bond acceptors (Lipinski definition) is 3. The molecule has 0 fully saturated rings. The van der Waals surface area contributed by atoms with E-state index in [-0.39, 0.29) is 6.42 Å². The molecule has 21 heavy (non-hydrogen) atoms. The van der Waals surface area contributed by atoms with Gasteiger partial charge in [0.05, 0.1) is 10.0 Å². The summed E-state index contributed by atoms with van der Waals surface area (Å²) in [5.74, 6) is -2.09. The molecule has 118 valence electrons. The second-order valence-electron chi connectivity index (χ2n) is 4.35. The number of nitrogens with one attached hydrogen (secondary N) is 1. The molecule has 0 aliphatic carbocycles. The Balaban J connectivity index is 3.14. The van der Waals surface area contributed by atoms with Crippen molar-refractivity contribution in [2.75, 3.05) is 0 Å². The molecular formula is C12H14Cl2FNO4S. The Morgan fingerprint density at radius 3 is 2.33 bits per heavy atom. The third-order valence-electron chi connectivity index (χ3n) is 2.67. The van der Waals surface area contributed by atoms with Gasteiger partial charge in [-0.25, -0.2) is 12.8 Å². The van der Waals surface area contributed by atoms with Gasteiger partial charge >= 0.3 is 5.97 Å². The van der Waals surface area contributed by atoms with Crippen LogP contribution in [0.15, 0.2) is 17.0 Å². The molecule has 0 aromatic heterocycles. The molecule has 0 radical (unpaired) electrons. The van der Waals surface area contributed by atoms with Gasteiger partial charge in [-0.05, 0) is 18.6 Å². The van der Waals surface area contributed by atoms with Crippen LogP contribution >= 0.6 is 23.2 Å². The smallest absolute Gasteiger partial charge is 0.321 e. The summed E-state index contributed by atoms with van der Waals surface area (Å²) in [6.45, 7) is 1.85. The van der Waals surface area contributed by atoms with Gasteiger partial charge in [0.1, 0.15) is 16.8 Å². The lowest BCUT2D eigenvalue weighted by atomic mass is 10.1. The van der Waals surface area contributed by atoms with Crippen LogP contribution in [0.4, 0.5) is 4.39 Å². The number of halogens is 3. The first-order valence-electron chi connectivity index (χ1n) is 6.08. The molecule has 0 aliphatic heterocycles. The summed E-state index contributed by atoms with van der Waals surface area (Å²) < 4.78 is 39.5. The van der Waals surface area contributed by atoms with E-state index < -0.39 is 42.8 Å². The van der Waals surface area contributed by atoms with Gasteiger partial charge in [0.2, 0.25) is 10.0 Å².